The predicted molar refractivity (Wildman–Crippen MR) is 68.3 cm³/mol. The molecule has 0 aromatic carbocycles. The average Bonchev–Trinajstić information content (AvgIpc) is 2.29. The van der Waals surface area contributed by atoms with Crippen LogP contribution in [0.5, 0.6) is 0 Å². The number of rotatable bonds is 6. The van der Waals surface area contributed by atoms with Gasteiger partial charge in [0.05, 0.1) is 0 Å². The zero-order chi connectivity index (χ0) is 11.8. The molecule has 94 valence electrons. The van der Waals surface area contributed by atoms with E-state index in [0.29, 0.717) is 11.8 Å². The lowest BCUT2D eigenvalue weighted by Gasteiger charge is -2.20. The van der Waals surface area contributed by atoms with Gasteiger partial charge in [-0.1, -0.05) is 46.0 Å². The van der Waals surface area contributed by atoms with Gasteiger partial charge in [-0.05, 0) is 25.2 Å². The van der Waals surface area contributed by atoms with E-state index in [9.17, 15) is 4.79 Å². The first-order valence-electron chi connectivity index (χ1n) is 6.98. The van der Waals surface area contributed by atoms with Crippen molar-refractivity contribution in [3.63, 3.8) is 0 Å². The maximum atomic E-state index is 11.8. The molecule has 0 unspecified atom stereocenters. The van der Waals surface area contributed by atoms with Gasteiger partial charge in [0.25, 0.3) is 0 Å². The van der Waals surface area contributed by atoms with Gasteiger partial charge in [-0.15, -0.1) is 0 Å². The highest BCUT2D eigenvalue weighted by molar-refractivity contribution is 5.78. The summed E-state index contributed by atoms with van der Waals surface area (Å²) in [4.78, 5) is 11.8. The van der Waals surface area contributed by atoms with Crippen LogP contribution in [0.1, 0.15) is 65.2 Å². The largest absolute Gasteiger partial charge is 0.356 e. The van der Waals surface area contributed by atoms with Crippen molar-refractivity contribution >= 4 is 5.91 Å². The Balaban J connectivity index is 2.01. The van der Waals surface area contributed by atoms with Gasteiger partial charge in [-0.3, -0.25) is 4.79 Å². The van der Waals surface area contributed by atoms with Gasteiger partial charge in [0.2, 0.25) is 5.91 Å². The molecule has 1 aliphatic carbocycles. The third-order valence-electron chi connectivity index (χ3n) is 3.48. The Bertz CT molecular complexity index is 195. The third-order valence-corrected chi connectivity index (χ3v) is 3.48. The van der Waals surface area contributed by atoms with Crippen LogP contribution in [0.2, 0.25) is 0 Å². The third kappa shape index (κ3) is 5.53. The van der Waals surface area contributed by atoms with E-state index in [-0.39, 0.29) is 0 Å². The topological polar surface area (TPSA) is 29.1 Å². The van der Waals surface area contributed by atoms with Crippen molar-refractivity contribution < 1.29 is 4.79 Å². The van der Waals surface area contributed by atoms with E-state index in [0.717, 1.165) is 31.7 Å². The summed E-state index contributed by atoms with van der Waals surface area (Å²) >= 11 is 0. The maximum absolute atomic E-state index is 11.8. The quantitative estimate of drug-likeness (QED) is 0.689. The van der Waals surface area contributed by atoms with E-state index in [1.165, 1.54) is 32.1 Å². The molecule has 0 aromatic heterocycles. The Labute approximate surface area is 100 Å². The highest BCUT2D eigenvalue weighted by atomic mass is 16.1. The second-order valence-electron chi connectivity index (χ2n) is 5.52. The molecule has 16 heavy (non-hydrogen) atoms. The van der Waals surface area contributed by atoms with Crippen LogP contribution in [0.3, 0.4) is 0 Å². The zero-order valence-corrected chi connectivity index (χ0v) is 10.9. The Morgan fingerprint density at radius 1 is 1.19 bits per heavy atom. The summed E-state index contributed by atoms with van der Waals surface area (Å²) in [5.74, 6) is 1.41. The van der Waals surface area contributed by atoms with Gasteiger partial charge >= 0.3 is 0 Å². The summed E-state index contributed by atoms with van der Waals surface area (Å²) in [7, 11) is 0. The van der Waals surface area contributed by atoms with E-state index in [2.05, 4.69) is 19.2 Å². The summed E-state index contributed by atoms with van der Waals surface area (Å²) in [5, 5.41) is 3.09. The van der Waals surface area contributed by atoms with Gasteiger partial charge in [-0.2, -0.15) is 0 Å². The van der Waals surface area contributed by atoms with Crippen LogP contribution in [0.4, 0.5) is 0 Å². The summed E-state index contributed by atoms with van der Waals surface area (Å²) in [6, 6.07) is 0. The molecule has 0 atom stereocenters. The fourth-order valence-corrected chi connectivity index (χ4v) is 2.40. The minimum atomic E-state index is 0.309. The zero-order valence-electron chi connectivity index (χ0n) is 10.9. The molecule has 0 saturated heterocycles. The fraction of sp³-hybridized carbons (Fsp3) is 0.929. The second kappa shape index (κ2) is 7.70. The van der Waals surface area contributed by atoms with E-state index >= 15 is 0 Å². The molecule has 0 aliphatic heterocycles. The lowest BCUT2D eigenvalue weighted by atomic mass is 9.88. The van der Waals surface area contributed by atoms with E-state index in [1.54, 1.807) is 0 Å². The lowest BCUT2D eigenvalue weighted by molar-refractivity contribution is -0.125. The number of carbonyl (C=O) groups is 1. The highest BCUT2D eigenvalue weighted by Crippen LogP contribution is 2.23. The normalized spacial score (nSPS) is 17.7. The van der Waals surface area contributed by atoms with Crippen LogP contribution >= 0.6 is 0 Å². The molecule has 0 radical (unpaired) electrons. The number of carbonyl (C=O) groups excluding carboxylic acids is 1. The fourth-order valence-electron chi connectivity index (χ4n) is 2.40. The lowest BCUT2D eigenvalue weighted by Crippen LogP contribution is -2.32. The van der Waals surface area contributed by atoms with E-state index in [1.807, 2.05) is 0 Å². The van der Waals surface area contributed by atoms with Gasteiger partial charge < -0.3 is 5.32 Å². The van der Waals surface area contributed by atoms with Crippen LogP contribution in [-0.4, -0.2) is 12.5 Å². The number of hydrogen-bond acceptors (Lipinski definition) is 1. The molecule has 1 rings (SSSR count). The molecule has 1 aliphatic rings. The molecule has 1 fully saturated rings. The molecule has 1 saturated carbocycles. The molecule has 2 nitrogen and oxygen atoms in total. The number of unbranched alkanes of at least 4 members (excludes halogenated alkanes) is 1. The summed E-state index contributed by atoms with van der Waals surface area (Å²) in [6.07, 6.45) is 9.67. The van der Waals surface area contributed by atoms with Crippen molar-refractivity contribution in [2.45, 2.75) is 65.2 Å². The van der Waals surface area contributed by atoms with E-state index in [4.69, 9.17) is 0 Å². The first kappa shape index (κ1) is 13.5. The van der Waals surface area contributed by atoms with Gasteiger partial charge in [-0.25, -0.2) is 0 Å². The molecular formula is C14H27NO. The van der Waals surface area contributed by atoms with Crippen LogP contribution in [-0.2, 0) is 4.79 Å². The Morgan fingerprint density at radius 3 is 2.50 bits per heavy atom. The summed E-state index contributed by atoms with van der Waals surface area (Å²) < 4.78 is 0. The molecule has 1 N–H and O–H groups in total. The first-order chi connectivity index (χ1) is 7.70. The number of amides is 1. The first-order valence-corrected chi connectivity index (χ1v) is 6.98. The van der Waals surface area contributed by atoms with Crippen molar-refractivity contribution in [2.75, 3.05) is 6.54 Å². The summed E-state index contributed by atoms with van der Waals surface area (Å²) in [5.41, 5.74) is 0. The predicted octanol–water partition coefficient (Wildman–Crippen LogP) is 3.51. The van der Waals surface area contributed by atoms with Gasteiger partial charge in [0.1, 0.15) is 0 Å². The SMILES string of the molecule is CC(C)CCCCNC(=O)C1CCCCC1. The molecule has 2 heteroatoms. The van der Waals surface area contributed by atoms with Crippen molar-refractivity contribution in [1.29, 1.82) is 0 Å². The molecular weight excluding hydrogens is 198 g/mol. The molecule has 0 heterocycles. The molecule has 1 amide bonds. The van der Waals surface area contributed by atoms with E-state index < -0.39 is 0 Å². The minimum Gasteiger partial charge on any atom is -0.356 e. The smallest absolute Gasteiger partial charge is 0.223 e. The summed E-state index contributed by atoms with van der Waals surface area (Å²) in [6.45, 7) is 5.38. The van der Waals surface area contributed by atoms with Crippen molar-refractivity contribution in [1.82, 2.24) is 5.32 Å². The number of nitrogens with one attached hydrogen (secondary N) is 1. The Hall–Kier alpha value is -0.530. The van der Waals surface area contributed by atoms with Crippen LogP contribution in [0, 0.1) is 11.8 Å². The Kier molecular flexibility index (Phi) is 6.51. The van der Waals surface area contributed by atoms with Crippen molar-refractivity contribution in [2.24, 2.45) is 11.8 Å². The van der Waals surface area contributed by atoms with Gasteiger partial charge in [0, 0.05) is 12.5 Å². The van der Waals surface area contributed by atoms with Crippen LogP contribution in [0.15, 0.2) is 0 Å². The molecule has 0 aromatic rings. The van der Waals surface area contributed by atoms with Crippen molar-refractivity contribution in [3.8, 4) is 0 Å². The average molecular weight is 225 g/mol. The van der Waals surface area contributed by atoms with Crippen molar-refractivity contribution in [3.05, 3.63) is 0 Å². The highest BCUT2D eigenvalue weighted by Gasteiger charge is 2.20. The second-order valence-corrected chi connectivity index (χ2v) is 5.52. The van der Waals surface area contributed by atoms with Crippen LogP contribution in [0.25, 0.3) is 0 Å². The standard InChI is InChI=1S/C14H27NO/c1-12(2)8-6-7-11-15-14(16)13-9-4-3-5-10-13/h12-13H,3-11H2,1-2H3,(H,15,16). The maximum Gasteiger partial charge on any atom is 0.223 e. The molecule has 0 spiro atoms. The number of hydrogen-bond donors (Lipinski definition) is 1. The molecule has 0 bridgehead atoms. The minimum absolute atomic E-state index is 0.309. The Morgan fingerprint density at radius 2 is 1.88 bits per heavy atom. The monoisotopic (exact) mass is 225 g/mol. The van der Waals surface area contributed by atoms with Gasteiger partial charge in [0.15, 0.2) is 0 Å². The van der Waals surface area contributed by atoms with Crippen LogP contribution < -0.4 is 5.32 Å².